The number of aromatic nitrogens is 2. The van der Waals surface area contributed by atoms with Crippen molar-refractivity contribution in [3.8, 4) is 0 Å². The average Bonchev–Trinajstić information content (AvgIpc) is 2.89. The molecular weight excluding hydrogens is 322 g/mol. The van der Waals surface area contributed by atoms with Gasteiger partial charge in [-0.1, -0.05) is 6.92 Å². The van der Waals surface area contributed by atoms with E-state index in [0.29, 0.717) is 16.8 Å². The Balaban J connectivity index is 1.84. The number of carbonyl (C=O) groups excluding carboxylic acids is 1. The predicted molar refractivity (Wildman–Crippen MR) is 78.8 cm³/mol. The van der Waals surface area contributed by atoms with Crippen molar-refractivity contribution in [3.05, 3.63) is 16.1 Å². The fraction of sp³-hybridized carbons (Fsp3) is 0.714. The molecule has 0 N–H and O–H groups in total. The molecule has 6 heteroatoms. The van der Waals surface area contributed by atoms with Crippen LogP contribution in [0.1, 0.15) is 42.5 Å². The number of nitrogens with zero attached hydrogens (tertiary/aromatic N) is 3. The van der Waals surface area contributed by atoms with E-state index >= 15 is 0 Å². The number of amides is 1. The minimum atomic E-state index is 0.0847. The Morgan fingerprint density at radius 1 is 1.45 bits per heavy atom. The molecule has 2 aliphatic rings. The highest BCUT2D eigenvalue weighted by Crippen LogP contribution is 2.26. The number of ether oxygens (including phenoxy) is 1. The summed E-state index contributed by atoms with van der Waals surface area (Å²) in [6.45, 7) is 5.19. The Hall–Kier alpha value is -0.880. The second-order valence-corrected chi connectivity index (χ2v) is 6.18. The van der Waals surface area contributed by atoms with Gasteiger partial charge in [-0.2, -0.15) is 0 Å². The highest BCUT2D eigenvalue weighted by atomic mass is 79.9. The Morgan fingerprint density at radius 3 is 3.10 bits per heavy atom. The van der Waals surface area contributed by atoms with E-state index in [4.69, 9.17) is 4.74 Å². The van der Waals surface area contributed by atoms with Crippen LogP contribution in [-0.4, -0.2) is 46.2 Å². The van der Waals surface area contributed by atoms with Crippen molar-refractivity contribution in [2.75, 3.05) is 19.7 Å². The molecule has 0 bridgehead atoms. The second-order valence-electron chi connectivity index (χ2n) is 5.43. The summed E-state index contributed by atoms with van der Waals surface area (Å²) in [7, 11) is 0. The van der Waals surface area contributed by atoms with Crippen molar-refractivity contribution < 1.29 is 9.53 Å². The maximum atomic E-state index is 12.8. The van der Waals surface area contributed by atoms with Gasteiger partial charge < -0.3 is 14.2 Å². The van der Waals surface area contributed by atoms with Crippen LogP contribution in [0, 0.1) is 0 Å². The molecule has 3 rings (SSSR count). The first-order chi connectivity index (χ1) is 9.70. The lowest BCUT2D eigenvalue weighted by Gasteiger charge is -2.23. The Bertz CT molecular complexity index is 515. The molecular formula is C14H20BrN3O2. The van der Waals surface area contributed by atoms with Crippen LogP contribution in [0.2, 0.25) is 0 Å². The van der Waals surface area contributed by atoms with Crippen LogP contribution in [0.4, 0.5) is 0 Å². The lowest BCUT2D eigenvalue weighted by Crippen LogP contribution is -2.37. The molecule has 1 atom stereocenters. The van der Waals surface area contributed by atoms with E-state index in [-0.39, 0.29) is 12.0 Å². The average molecular weight is 342 g/mol. The summed E-state index contributed by atoms with van der Waals surface area (Å²) in [5, 5.41) is 0. The first kappa shape index (κ1) is 14.1. The fourth-order valence-corrected chi connectivity index (χ4v) is 3.56. The van der Waals surface area contributed by atoms with Gasteiger partial charge in [-0.3, -0.25) is 4.79 Å². The predicted octanol–water partition coefficient (Wildman–Crippen LogP) is 2.23. The van der Waals surface area contributed by atoms with Crippen molar-refractivity contribution >= 4 is 21.8 Å². The molecule has 1 amide bonds. The summed E-state index contributed by atoms with van der Waals surface area (Å²) in [5.41, 5.74) is 0.717. The van der Waals surface area contributed by atoms with E-state index in [0.717, 1.165) is 51.2 Å². The monoisotopic (exact) mass is 341 g/mol. The number of imidazole rings is 1. The van der Waals surface area contributed by atoms with Crippen LogP contribution in [0.3, 0.4) is 0 Å². The molecule has 20 heavy (non-hydrogen) atoms. The molecule has 0 radical (unpaired) electrons. The zero-order valence-electron chi connectivity index (χ0n) is 11.8. The number of aryl methyl sites for hydroxylation is 1. The Kier molecular flexibility index (Phi) is 4.12. The molecule has 0 aromatic carbocycles. The number of carbonyl (C=O) groups is 1. The minimum absolute atomic E-state index is 0.0847. The first-order valence-electron chi connectivity index (χ1n) is 7.36. The first-order valence-corrected chi connectivity index (χ1v) is 8.15. The van der Waals surface area contributed by atoms with Gasteiger partial charge in [0, 0.05) is 32.7 Å². The van der Waals surface area contributed by atoms with E-state index < -0.39 is 0 Å². The van der Waals surface area contributed by atoms with Crippen LogP contribution in [0.5, 0.6) is 0 Å². The van der Waals surface area contributed by atoms with Crippen molar-refractivity contribution in [1.29, 1.82) is 0 Å². The zero-order chi connectivity index (χ0) is 14.1. The molecule has 0 aliphatic carbocycles. The van der Waals surface area contributed by atoms with E-state index in [2.05, 4.69) is 32.4 Å². The largest absolute Gasteiger partial charge is 0.376 e. The molecule has 3 heterocycles. The van der Waals surface area contributed by atoms with Crippen molar-refractivity contribution in [1.82, 2.24) is 14.5 Å². The number of hydrogen-bond donors (Lipinski definition) is 0. The lowest BCUT2D eigenvalue weighted by atomic mass is 10.2. The van der Waals surface area contributed by atoms with Crippen LogP contribution in [0.25, 0.3) is 0 Å². The van der Waals surface area contributed by atoms with Gasteiger partial charge in [0.25, 0.3) is 5.91 Å². The minimum Gasteiger partial charge on any atom is -0.376 e. The van der Waals surface area contributed by atoms with Crippen LogP contribution in [-0.2, 0) is 17.7 Å². The topological polar surface area (TPSA) is 47.4 Å². The number of fused-ring (bicyclic) bond motifs is 1. The van der Waals surface area contributed by atoms with Gasteiger partial charge in [0.15, 0.2) is 0 Å². The SMILES string of the molecule is CC[C@H]1CN(C(=O)c2c(Br)nc3n2CCC3)CCCO1. The van der Waals surface area contributed by atoms with Crippen LogP contribution >= 0.6 is 15.9 Å². The lowest BCUT2D eigenvalue weighted by molar-refractivity contribution is 0.0455. The Labute approximate surface area is 127 Å². The van der Waals surface area contributed by atoms with Crippen molar-refractivity contribution in [2.45, 2.75) is 45.3 Å². The van der Waals surface area contributed by atoms with E-state index in [1.807, 2.05) is 4.90 Å². The van der Waals surface area contributed by atoms with Gasteiger partial charge in [-0.25, -0.2) is 4.98 Å². The quantitative estimate of drug-likeness (QED) is 0.828. The van der Waals surface area contributed by atoms with Gasteiger partial charge in [0.05, 0.1) is 6.10 Å². The summed E-state index contributed by atoms with van der Waals surface area (Å²) in [6.07, 6.45) is 4.04. The highest BCUT2D eigenvalue weighted by Gasteiger charge is 2.30. The zero-order valence-corrected chi connectivity index (χ0v) is 13.4. The third-order valence-corrected chi connectivity index (χ3v) is 4.63. The smallest absolute Gasteiger partial charge is 0.273 e. The third-order valence-electron chi connectivity index (χ3n) is 4.08. The summed E-state index contributed by atoms with van der Waals surface area (Å²) in [4.78, 5) is 19.2. The molecule has 1 aromatic heterocycles. The maximum absolute atomic E-state index is 12.8. The van der Waals surface area contributed by atoms with E-state index in [9.17, 15) is 4.79 Å². The van der Waals surface area contributed by atoms with Crippen LogP contribution in [0.15, 0.2) is 4.60 Å². The summed E-state index contributed by atoms with van der Waals surface area (Å²) in [5.74, 6) is 1.11. The molecule has 0 unspecified atom stereocenters. The molecule has 1 fully saturated rings. The van der Waals surface area contributed by atoms with E-state index in [1.165, 1.54) is 0 Å². The van der Waals surface area contributed by atoms with Gasteiger partial charge in [-0.05, 0) is 35.2 Å². The maximum Gasteiger partial charge on any atom is 0.273 e. The standard InChI is InChI=1S/C14H20BrN3O2/c1-2-10-9-17(6-4-8-20-10)14(19)12-13(15)16-11-5-3-7-18(11)12/h10H,2-9H2,1H3/t10-/m0/s1. The summed E-state index contributed by atoms with van der Waals surface area (Å²) < 4.78 is 8.50. The van der Waals surface area contributed by atoms with Gasteiger partial charge in [-0.15, -0.1) is 0 Å². The van der Waals surface area contributed by atoms with Crippen LogP contribution < -0.4 is 0 Å². The molecule has 1 saturated heterocycles. The molecule has 5 nitrogen and oxygen atoms in total. The second kappa shape index (κ2) is 5.85. The molecule has 1 aromatic rings. The van der Waals surface area contributed by atoms with Crippen molar-refractivity contribution in [3.63, 3.8) is 0 Å². The summed E-state index contributed by atoms with van der Waals surface area (Å²) >= 11 is 3.45. The van der Waals surface area contributed by atoms with Gasteiger partial charge >= 0.3 is 0 Å². The molecule has 110 valence electrons. The number of halogens is 1. The highest BCUT2D eigenvalue weighted by molar-refractivity contribution is 9.10. The summed E-state index contributed by atoms with van der Waals surface area (Å²) in [6, 6.07) is 0. The molecule has 2 aliphatic heterocycles. The van der Waals surface area contributed by atoms with Gasteiger partial charge in [0.1, 0.15) is 16.1 Å². The molecule has 0 saturated carbocycles. The number of hydrogen-bond acceptors (Lipinski definition) is 3. The third kappa shape index (κ3) is 2.51. The normalized spacial score (nSPS) is 22.7. The Morgan fingerprint density at radius 2 is 2.30 bits per heavy atom. The molecule has 0 spiro atoms. The van der Waals surface area contributed by atoms with E-state index in [1.54, 1.807) is 0 Å². The fourth-order valence-electron chi connectivity index (χ4n) is 2.97. The van der Waals surface area contributed by atoms with Gasteiger partial charge in [0.2, 0.25) is 0 Å². The number of rotatable bonds is 2. The van der Waals surface area contributed by atoms with Crippen molar-refractivity contribution in [2.24, 2.45) is 0 Å².